The first-order chi connectivity index (χ1) is 47.9. The molecule has 26 heteroatoms. The van der Waals surface area contributed by atoms with E-state index in [1.807, 2.05) is 82.6 Å². The van der Waals surface area contributed by atoms with Crippen molar-refractivity contribution in [1.82, 2.24) is 29.7 Å². The van der Waals surface area contributed by atoms with Crippen molar-refractivity contribution in [3.63, 3.8) is 0 Å². The van der Waals surface area contributed by atoms with Crippen molar-refractivity contribution in [3.8, 4) is 0 Å². The predicted molar refractivity (Wildman–Crippen MR) is 368 cm³/mol. The van der Waals surface area contributed by atoms with Gasteiger partial charge in [-0.1, -0.05) is 159 Å². The van der Waals surface area contributed by atoms with Gasteiger partial charge in [0.05, 0.1) is 32.8 Å². The van der Waals surface area contributed by atoms with Crippen LogP contribution in [-0.4, -0.2) is 199 Å². The van der Waals surface area contributed by atoms with Crippen LogP contribution in [0.1, 0.15) is 110 Å². The van der Waals surface area contributed by atoms with Gasteiger partial charge < -0.3 is 51.4 Å². The van der Waals surface area contributed by atoms with Gasteiger partial charge in [-0.3, -0.25) is 49.2 Å². The summed E-state index contributed by atoms with van der Waals surface area (Å²) >= 11 is 0. The van der Waals surface area contributed by atoms with Gasteiger partial charge in [0.25, 0.3) is 11.4 Å². The summed E-state index contributed by atoms with van der Waals surface area (Å²) in [6, 6.07) is 47.1. The quantitative estimate of drug-likeness (QED) is 0.0170. The summed E-state index contributed by atoms with van der Waals surface area (Å²) in [7, 11) is 0. The SMILES string of the molecule is CCC1(C(=O)O)C(N)N(OC(=O)C(=O)ON2C(C)C(CCN3CCN(CC(c4ccccc4)c4ccccc4)CC3)(C(=O)O)C(c3cccc([N+](=O)[O-])c3)C(CC)(C(=O)O)C2N)C(C)C(CCN2CCN(CC(c3ccccc3)c3ccccc3)CC2)(C(=O)O)C1c1cccc([N+](=O)[O-])c1. The first kappa shape index (κ1) is 73.3. The Morgan fingerprint density at radius 2 is 0.730 bits per heavy atom. The van der Waals surface area contributed by atoms with E-state index in [9.17, 15) is 69.4 Å². The van der Waals surface area contributed by atoms with E-state index in [0.717, 1.165) is 34.4 Å². The first-order valence-electron chi connectivity index (χ1n) is 33.9. The van der Waals surface area contributed by atoms with Crippen molar-refractivity contribution in [2.45, 2.75) is 101 Å². The summed E-state index contributed by atoms with van der Waals surface area (Å²) in [5, 5.41) is 73.4. The minimum atomic E-state index is -2.47. The van der Waals surface area contributed by atoms with Gasteiger partial charge in [-0.05, 0) is 86.0 Å². The molecule has 0 saturated carbocycles. The minimum absolute atomic E-state index is 0.0193. The number of hydroxylamine groups is 4. The number of carboxylic acids is 4. The van der Waals surface area contributed by atoms with E-state index < -0.39 is 128 Å². The fraction of sp³-hybridized carbons (Fsp3) is 0.432. The highest BCUT2D eigenvalue weighted by atomic mass is 16.8. The molecule has 0 spiro atoms. The molecule has 0 bridgehead atoms. The van der Waals surface area contributed by atoms with Gasteiger partial charge in [0.2, 0.25) is 0 Å². The summed E-state index contributed by atoms with van der Waals surface area (Å²) in [5.74, 6) is -13.7. The Hall–Kier alpha value is -9.38. The molecule has 26 nitrogen and oxygen atoms in total. The molecule has 4 saturated heterocycles. The highest BCUT2D eigenvalue weighted by molar-refractivity contribution is 6.29. The zero-order valence-electron chi connectivity index (χ0n) is 56.5. The number of carboxylic acid groups (broad SMARTS) is 4. The summed E-state index contributed by atoms with van der Waals surface area (Å²) < 4.78 is 0. The molecule has 0 radical (unpaired) electrons. The van der Waals surface area contributed by atoms with Crippen molar-refractivity contribution >= 4 is 47.2 Å². The lowest BCUT2D eigenvalue weighted by Gasteiger charge is -2.60. The monoisotopic (exact) mass is 1370 g/mol. The molecule has 6 aromatic carbocycles. The van der Waals surface area contributed by atoms with Crippen LogP contribution in [0.4, 0.5) is 11.4 Å². The molecule has 4 heterocycles. The van der Waals surface area contributed by atoms with Crippen LogP contribution < -0.4 is 11.5 Å². The molecule has 6 aromatic rings. The van der Waals surface area contributed by atoms with Gasteiger partial charge >= 0.3 is 35.8 Å². The number of nitro benzene ring substituents is 2. The molecule has 4 aliphatic heterocycles. The normalized spacial score (nSPS) is 26.6. The van der Waals surface area contributed by atoms with E-state index in [0.29, 0.717) is 75.6 Å². The minimum Gasteiger partial charge on any atom is -0.481 e. The molecule has 530 valence electrons. The van der Waals surface area contributed by atoms with Crippen molar-refractivity contribution < 1.29 is 68.7 Å². The van der Waals surface area contributed by atoms with Crippen LogP contribution in [0.25, 0.3) is 0 Å². The number of nitrogens with zero attached hydrogens (tertiary/aromatic N) is 8. The third kappa shape index (κ3) is 14.0. The number of hydrogen-bond donors (Lipinski definition) is 6. The molecule has 4 fully saturated rings. The highest BCUT2D eigenvalue weighted by Gasteiger charge is 2.72. The third-order valence-corrected chi connectivity index (χ3v) is 22.4. The Morgan fingerprint density at radius 1 is 0.450 bits per heavy atom. The Bertz CT molecular complexity index is 3580. The molecule has 8 N–H and O–H groups in total. The highest BCUT2D eigenvalue weighted by Crippen LogP contribution is 2.63. The molecular formula is C74H88N10O16. The van der Waals surface area contributed by atoms with Crippen molar-refractivity contribution in [2.24, 2.45) is 33.1 Å². The number of carbonyl (C=O) groups excluding carboxylic acids is 2. The lowest BCUT2D eigenvalue weighted by Crippen LogP contribution is -2.74. The zero-order valence-corrected chi connectivity index (χ0v) is 56.5. The number of benzene rings is 6. The topological polar surface area (TPSA) is 360 Å². The third-order valence-electron chi connectivity index (χ3n) is 22.4. The fourth-order valence-corrected chi connectivity index (χ4v) is 16.8. The molecular weight excluding hydrogens is 1280 g/mol. The van der Waals surface area contributed by atoms with Gasteiger partial charge in [-0.15, -0.1) is 10.1 Å². The molecule has 0 aliphatic carbocycles. The van der Waals surface area contributed by atoms with Crippen LogP contribution in [0, 0.1) is 41.9 Å². The largest absolute Gasteiger partial charge is 0.481 e. The number of non-ortho nitro benzene ring substituents is 2. The molecule has 4 aliphatic rings. The fourth-order valence-electron chi connectivity index (χ4n) is 16.8. The average Bonchev–Trinajstić information content (AvgIpc) is 0.702. The Balaban J connectivity index is 0.954. The molecule has 100 heavy (non-hydrogen) atoms. The van der Waals surface area contributed by atoms with E-state index in [1.165, 1.54) is 64.1 Å². The van der Waals surface area contributed by atoms with E-state index >= 15 is 0 Å². The second-order valence-corrected chi connectivity index (χ2v) is 26.9. The maximum atomic E-state index is 14.9. The number of piperazine rings is 2. The number of hydrogen-bond acceptors (Lipinski definition) is 20. The van der Waals surface area contributed by atoms with Crippen LogP contribution in [0.3, 0.4) is 0 Å². The summed E-state index contributed by atoms with van der Waals surface area (Å²) in [4.78, 5) is 132. The second kappa shape index (κ2) is 31.0. The number of nitrogens with two attached hydrogens (primary N) is 2. The van der Waals surface area contributed by atoms with Crippen LogP contribution in [-0.2, 0) is 38.4 Å². The van der Waals surface area contributed by atoms with E-state index in [2.05, 4.69) is 58.3 Å². The van der Waals surface area contributed by atoms with Gasteiger partial charge in [0, 0.05) is 113 Å². The molecule has 10 unspecified atom stereocenters. The van der Waals surface area contributed by atoms with Crippen LogP contribution in [0.5, 0.6) is 0 Å². The molecule has 0 amide bonds. The Kier molecular flexibility index (Phi) is 22.8. The second-order valence-electron chi connectivity index (χ2n) is 26.9. The number of rotatable bonds is 26. The summed E-state index contributed by atoms with van der Waals surface area (Å²) in [5.41, 5.74) is 7.89. The lowest BCUT2D eigenvalue weighted by atomic mass is 9.50. The Labute approximate surface area is 579 Å². The van der Waals surface area contributed by atoms with E-state index in [1.54, 1.807) is 0 Å². The number of piperidine rings is 2. The van der Waals surface area contributed by atoms with E-state index in [4.69, 9.17) is 21.1 Å². The van der Waals surface area contributed by atoms with Crippen molar-refractivity contribution in [1.29, 1.82) is 0 Å². The van der Waals surface area contributed by atoms with Crippen LogP contribution in [0.2, 0.25) is 0 Å². The van der Waals surface area contributed by atoms with Crippen LogP contribution in [0.15, 0.2) is 170 Å². The average molecular weight is 1370 g/mol. The van der Waals surface area contributed by atoms with Gasteiger partial charge in [0.1, 0.15) is 23.2 Å². The number of aliphatic carboxylic acids is 4. The lowest BCUT2D eigenvalue weighted by molar-refractivity contribution is -0.385. The van der Waals surface area contributed by atoms with Crippen molar-refractivity contribution in [3.05, 3.63) is 223 Å². The van der Waals surface area contributed by atoms with E-state index in [-0.39, 0.29) is 48.9 Å². The first-order valence-corrected chi connectivity index (χ1v) is 33.9. The maximum absolute atomic E-state index is 14.9. The summed E-state index contributed by atoms with van der Waals surface area (Å²) in [6.07, 6.45) is -5.66. The Morgan fingerprint density at radius 3 is 0.990 bits per heavy atom. The van der Waals surface area contributed by atoms with Crippen molar-refractivity contribution in [2.75, 3.05) is 78.5 Å². The standard InChI is InChI=1S/C74H88N10O16/c1-5-71(67(87)88)61(55-29-19-31-57(45-55)83(95)96)73(69(91)92,33-35-77-37-41-79(42-38-77)47-59(51-21-11-7-12-22-51)52-23-13-8-14-24-52)49(3)81(65(71)75)99-63(85)64(86)100-82-50(4)74(70(93)94,62(72(6-2,66(82)76)68(89)90)56-30-20-32-58(46-56)84(97)98)34-36-78-39-43-80(44-40-78)48-60(53-25-15-9-16-26-53)54-27-17-10-18-28-54/h7-32,45-46,49-50,59-62,65-66H,5-6,33-44,47-48,75-76H2,1-4H3,(H,87,88)(H,89,90)(H,91,92)(H,93,94). The summed E-state index contributed by atoms with van der Waals surface area (Å²) in [6.45, 7) is 10.9. The molecule has 0 aromatic heterocycles. The zero-order chi connectivity index (χ0) is 71.8. The molecule has 10 rings (SSSR count). The van der Waals surface area contributed by atoms with Crippen LogP contribution >= 0.6 is 0 Å². The predicted octanol–water partition coefficient (Wildman–Crippen LogP) is 8.05. The number of nitro groups is 2. The van der Waals surface area contributed by atoms with Gasteiger partial charge in [-0.25, -0.2) is 9.59 Å². The smallest absolute Gasteiger partial charge is 0.438 e. The maximum Gasteiger partial charge on any atom is 0.438 e. The van der Waals surface area contributed by atoms with Gasteiger partial charge in [0.15, 0.2) is 0 Å². The number of carbonyl (C=O) groups is 6. The molecule has 10 atom stereocenters. The van der Waals surface area contributed by atoms with Gasteiger partial charge in [-0.2, -0.15) is 0 Å².